The Morgan fingerprint density at radius 2 is 2.07 bits per heavy atom. The predicted octanol–water partition coefficient (Wildman–Crippen LogP) is 2.69. The van der Waals surface area contributed by atoms with Gasteiger partial charge in [0, 0.05) is 14.3 Å². The van der Waals surface area contributed by atoms with Crippen molar-refractivity contribution in [3.05, 3.63) is 17.8 Å². The van der Waals surface area contributed by atoms with E-state index in [0.717, 1.165) is 18.2 Å². The summed E-state index contributed by atoms with van der Waals surface area (Å²) in [6.45, 7) is 9.65. The molecule has 0 aliphatic heterocycles. The number of aryl methyl sites for hydroxylation is 1. The fourth-order valence-corrected chi connectivity index (χ4v) is 1.83. The number of rotatable bonds is 4. The fourth-order valence-electron chi connectivity index (χ4n) is 1.11. The topological polar surface area (TPSA) is 48.1 Å². The lowest BCUT2D eigenvalue weighted by molar-refractivity contribution is 0.327. The van der Waals surface area contributed by atoms with E-state index in [-0.39, 0.29) is 0 Å². The van der Waals surface area contributed by atoms with Crippen LogP contribution in [0.2, 0.25) is 25.7 Å². The van der Waals surface area contributed by atoms with Crippen molar-refractivity contribution in [3.63, 3.8) is 0 Å². The number of pyridine rings is 1. The lowest BCUT2D eigenvalue weighted by Crippen LogP contribution is -2.22. The molecule has 0 spiro atoms. The molecule has 0 aliphatic carbocycles. The van der Waals surface area contributed by atoms with Gasteiger partial charge in [-0.25, -0.2) is 4.98 Å². The van der Waals surface area contributed by atoms with Gasteiger partial charge in [0.15, 0.2) is 0 Å². The third-order valence-corrected chi connectivity index (χ3v) is 3.97. The number of nitrogens with two attached hydrogens (primary N) is 1. The molecule has 0 saturated heterocycles. The maximum absolute atomic E-state index is 5.86. The first kappa shape index (κ1) is 12.0. The number of aromatic nitrogens is 1. The van der Waals surface area contributed by atoms with Crippen LogP contribution < -0.4 is 10.5 Å². The number of hydrogen-bond donors (Lipinski definition) is 1. The van der Waals surface area contributed by atoms with E-state index in [4.69, 9.17) is 10.5 Å². The zero-order valence-corrected chi connectivity index (χ0v) is 11.0. The molecule has 1 aromatic rings. The summed E-state index contributed by atoms with van der Waals surface area (Å²) in [5.74, 6) is 0.577. The first-order valence-electron chi connectivity index (χ1n) is 5.24. The van der Waals surface area contributed by atoms with Crippen LogP contribution in [0.1, 0.15) is 5.56 Å². The van der Waals surface area contributed by atoms with E-state index in [0.29, 0.717) is 11.6 Å². The molecule has 0 fully saturated rings. The zero-order chi connectivity index (χ0) is 11.5. The summed E-state index contributed by atoms with van der Waals surface area (Å²) in [6.07, 6.45) is 1.73. The first-order chi connectivity index (χ1) is 6.90. The minimum atomic E-state index is -1.04. The molecule has 0 amide bonds. The van der Waals surface area contributed by atoms with E-state index in [9.17, 15) is 0 Å². The van der Waals surface area contributed by atoms with Gasteiger partial charge in [-0.15, -0.1) is 0 Å². The molecule has 1 heterocycles. The van der Waals surface area contributed by atoms with Gasteiger partial charge in [0.1, 0.15) is 0 Å². The number of ether oxygens (including phenoxy) is 1. The van der Waals surface area contributed by atoms with Gasteiger partial charge < -0.3 is 10.5 Å². The van der Waals surface area contributed by atoms with Gasteiger partial charge in [-0.1, -0.05) is 19.6 Å². The average molecular weight is 224 g/mol. The van der Waals surface area contributed by atoms with Crippen molar-refractivity contribution >= 4 is 13.8 Å². The predicted molar refractivity (Wildman–Crippen MR) is 67.0 cm³/mol. The van der Waals surface area contributed by atoms with E-state index >= 15 is 0 Å². The molecule has 0 bridgehead atoms. The van der Waals surface area contributed by atoms with Crippen molar-refractivity contribution < 1.29 is 4.74 Å². The average Bonchev–Trinajstić information content (AvgIpc) is 2.10. The van der Waals surface area contributed by atoms with Crippen LogP contribution in [0.5, 0.6) is 5.88 Å². The highest BCUT2D eigenvalue weighted by Gasteiger charge is 2.13. The molecular formula is C11H20N2OSi. The normalized spacial score (nSPS) is 11.5. The molecule has 0 atom stereocenters. The van der Waals surface area contributed by atoms with Crippen LogP contribution in [0.4, 0.5) is 5.69 Å². The van der Waals surface area contributed by atoms with E-state index in [1.165, 1.54) is 0 Å². The van der Waals surface area contributed by atoms with Crippen LogP contribution in [-0.4, -0.2) is 19.7 Å². The smallest absolute Gasteiger partial charge is 0.237 e. The Labute approximate surface area is 92.7 Å². The maximum Gasteiger partial charge on any atom is 0.237 e. The second-order valence-electron chi connectivity index (χ2n) is 5.01. The summed E-state index contributed by atoms with van der Waals surface area (Å²) in [5.41, 5.74) is 7.54. The van der Waals surface area contributed by atoms with Crippen molar-refractivity contribution in [2.75, 3.05) is 12.3 Å². The number of anilines is 1. The summed E-state index contributed by atoms with van der Waals surface area (Å²) < 4.78 is 5.59. The minimum absolute atomic E-state index is 0.577. The highest BCUT2D eigenvalue weighted by atomic mass is 28.3. The Balaban J connectivity index is 2.55. The lowest BCUT2D eigenvalue weighted by atomic mass is 10.2. The van der Waals surface area contributed by atoms with Gasteiger partial charge in [0.25, 0.3) is 0 Å². The van der Waals surface area contributed by atoms with Gasteiger partial charge in [-0.3, -0.25) is 0 Å². The molecule has 4 heteroatoms. The van der Waals surface area contributed by atoms with E-state index in [1.54, 1.807) is 6.20 Å². The minimum Gasteiger partial charge on any atom is -0.477 e. The van der Waals surface area contributed by atoms with Gasteiger partial charge in [0.2, 0.25) is 5.88 Å². The molecule has 0 unspecified atom stereocenters. The Morgan fingerprint density at radius 3 is 2.67 bits per heavy atom. The molecular weight excluding hydrogens is 204 g/mol. The molecule has 3 nitrogen and oxygen atoms in total. The SMILES string of the molecule is Cc1ccnc(OCC[Si](C)(C)C)c1N. The van der Waals surface area contributed by atoms with Crippen molar-refractivity contribution in [1.82, 2.24) is 4.98 Å². The van der Waals surface area contributed by atoms with Crippen molar-refractivity contribution in [2.45, 2.75) is 32.6 Å². The summed E-state index contributed by atoms with van der Waals surface area (Å²) >= 11 is 0. The first-order valence-corrected chi connectivity index (χ1v) is 8.95. The fraction of sp³-hybridized carbons (Fsp3) is 0.545. The van der Waals surface area contributed by atoms with Gasteiger partial charge in [-0.2, -0.15) is 0 Å². The Morgan fingerprint density at radius 1 is 1.40 bits per heavy atom. The molecule has 2 N–H and O–H groups in total. The third kappa shape index (κ3) is 3.91. The number of nitrogens with zero attached hydrogens (tertiary/aromatic N) is 1. The van der Waals surface area contributed by atoms with Crippen molar-refractivity contribution in [1.29, 1.82) is 0 Å². The third-order valence-electron chi connectivity index (χ3n) is 2.26. The Kier molecular flexibility index (Phi) is 3.74. The Hall–Kier alpha value is -1.03. The number of nitrogen functional groups attached to an aromatic ring is 1. The molecule has 15 heavy (non-hydrogen) atoms. The van der Waals surface area contributed by atoms with Crippen LogP contribution in [0.15, 0.2) is 12.3 Å². The standard InChI is InChI=1S/C11H20N2OSi/c1-9-5-6-13-11(10(9)12)14-7-8-15(2,3)4/h5-6H,7-8,12H2,1-4H3. The van der Waals surface area contributed by atoms with Crippen molar-refractivity contribution in [2.24, 2.45) is 0 Å². The quantitative estimate of drug-likeness (QED) is 0.800. The van der Waals surface area contributed by atoms with Crippen LogP contribution in [0, 0.1) is 6.92 Å². The monoisotopic (exact) mass is 224 g/mol. The Bertz CT molecular complexity index is 334. The highest BCUT2D eigenvalue weighted by Crippen LogP contribution is 2.21. The maximum atomic E-state index is 5.86. The van der Waals surface area contributed by atoms with Gasteiger partial charge in [-0.05, 0) is 24.6 Å². The van der Waals surface area contributed by atoms with E-state index in [1.807, 2.05) is 13.0 Å². The molecule has 1 aromatic heterocycles. The van der Waals surface area contributed by atoms with Crippen LogP contribution >= 0.6 is 0 Å². The van der Waals surface area contributed by atoms with Crippen LogP contribution in [0.3, 0.4) is 0 Å². The number of hydrogen-bond acceptors (Lipinski definition) is 3. The molecule has 84 valence electrons. The lowest BCUT2D eigenvalue weighted by Gasteiger charge is -2.16. The second-order valence-corrected chi connectivity index (χ2v) is 10.6. The van der Waals surface area contributed by atoms with Gasteiger partial charge >= 0.3 is 0 Å². The molecule has 1 rings (SSSR count). The summed E-state index contributed by atoms with van der Waals surface area (Å²) in [6, 6.07) is 3.02. The van der Waals surface area contributed by atoms with E-state index in [2.05, 4.69) is 24.6 Å². The summed E-state index contributed by atoms with van der Waals surface area (Å²) in [7, 11) is -1.04. The molecule has 0 saturated carbocycles. The summed E-state index contributed by atoms with van der Waals surface area (Å²) in [5, 5.41) is 0. The summed E-state index contributed by atoms with van der Waals surface area (Å²) in [4.78, 5) is 4.13. The molecule has 0 aromatic carbocycles. The highest BCUT2D eigenvalue weighted by molar-refractivity contribution is 6.76. The second kappa shape index (κ2) is 4.66. The molecule has 0 aliphatic rings. The van der Waals surface area contributed by atoms with Gasteiger partial charge in [0.05, 0.1) is 12.3 Å². The van der Waals surface area contributed by atoms with E-state index < -0.39 is 8.07 Å². The van der Waals surface area contributed by atoms with Crippen molar-refractivity contribution in [3.8, 4) is 5.88 Å². The zero-order valence-electron chi connectivity index (χ0n) is 10.0. The van der Waals surface area contributed by atoms with Crippen LogP contribution in [0.25, 0.3) is 0 Å². The largest absolute Gasteiger partial charge is 0.477 e. The molecule has 0 radical (unpaired) electrons. The van der Waals surface area contributed by atoms with Crippen LogP contribution in [-0.2, 0) is 0 Å².